The molecule has 9 heteroatoms. The third-order valence-corrected chi connectivity index (χ3v) is 3.34. The van der Waals surface area contributed by atoms with Crippen molar-refractivity contribution in [2.45, 2.75) is 0 Å². The molecule has 3 aromatic heterocycles. The van der Waals surface area contributed by atoms with Gasteiger partial charge in [0.25, 0.3) is 5.91 Å². The van der Waals surface area contributed by atoms with Crippen molar-refractivity contribution in [3.63, 3.8) is 0 Å². The summed E-state index contributed by atoms with van der Waals surface area (Å²) in [6.07, 6.45) is 4.25. The third-order valence-electron chi connectivity index (χ3n) is 2.84. The highest BCUT2D eigenvalue weighted by atomic mass is 35.5. The number of halogens is 3. The zero-order valence-corrected chi connectivity index (χ0v) is 12.9. The van der Waals surface area contributed by atoms with E-state index >= 15 is 0 Å². The molecule has 116 valence electrons. The van der Waals surface area contributed by atoms with Gasteiger partial charge in [-0.2, -0.15) is 4.39 Å². The Morgan fingerprint density at radius 2 is 2.09 bits per heavy atom. The third kappa shape index (κ3) is 3.30. The van der Waals surface area contributed by atoms with Crippen LogP contribution < -0.4 is 5.32 Å². The van der Waals surface area contributed by atoms with Crippen molar-refractivity contribution in [3.8, 4) is 5.82 Å². The number of anilines is 1. The van der Waals surface area contributed by atoms with Gasteiger partial charge in [-0.1, -0.05) is 23.2 Å². The van der Waals surface area contributed by atoms with Gasteiger partial charge in [-0.3, -0.25) is 4.79 Å². The number of aromatic nitrogens is 4. The molecule has 1 amide bonds. The van der Waals surface area contributed by atoms with Crippen molar-refractivity contribution in [1.82, 2.24) is 19.7 Å². The molecule has 6 nitrogen and oxygen atoms in total. The molecule has 0 unspecified atom stereocenters. The number of pyridine rings is 2. The number of amides is 1. The quantitative estimate of drug-likeness (QED) is 0.734. The van der Waals surface area contributed by atoms with Crippen molar-refractivity contribution in [2.75, 3.05) is 5.32 Å². The molecule has 0 aliphatic heterocycles. The first-order valence-electron chi connectivity index (χ1n) is 6.33. The van der Waals surface area contributed by atoms with Gasteiger partial charge >= 0.3 is 0 Å². The van der Waals surface area contributed by atoms with Gasteiger partial charge in [0, 0.05) is 24.7 Å². The van der Waals surface area contributed by atoms with Crippen molar-refractivity contribution in [3.05, 3.63) is 64.4 Å². The fourth-order valence-corrected chi connectivity index (χ4v) is 2.19. The molecule has 0 aromatic carbocycles. The predicted molar refractivity (Wildman–Crippen MR) is 83.5 cm³/mol. The lowest BCUT2D eigenvalue weighted by atomic mass is 10.2. The standard InChI is InChI=1S/C14H8Cl2FN5O/c15-8-6-9(12(17)19-7-8)14(23)20-11-3-5-22(21-11)13-10(16)2-1-4-18-13/h1-7H,(H,20,21,23). The molecule has 1 N–H and O–H groups in total. The Hall–Kier alpha value is -2.51. The van der Waals surface area contributed by atoms with Crippen molar-refractivity contribution in [1.29, 1.82) is 0 Å². The van der Waals surface area contributed by atoms with Crippen molar-refractivity contribution >= 4 is 34.9 Å². The number of carbonyl (C=O) groups is 1. The summed E-state index contributed by atoms with van der Waals surface area (Å²) < 4.78 is 15.0. The van der Waals surface area contributed by atoms with E-state index in [9.17, 15) is 9.18 Å². The topological polar surface area (TPSA) is 72.7 Å². The van der Waals surface area contributed by atoms with Crippen LogP contribution in [0.3, 0.4) is 0 Å². The zero-order chi connectivity index (χ0) is 16.4. The second-order valence-corrected chi connectivity index (χ2v) is 5.24. The van der Waals surface area contributed by atoms with Crippen molar-refractivity contribution < 1.29 is 9.18 Å². The van der Waals surface area contributed by atoms with Gasteiger partial charge in [0.1, 0.15) is 0 Å². The Balaban J connectivity index is 1.83. The lowest BCUT2D eigenvalue weighted by Gasteiger charge is -2.04. The van der Waals surface area contributed by atoms with Gasteiger partial charge < -0.3 is 5.32 Å². The molecule has 0 bridgehead atoms. The maximum absolute atomic E-state index is 13.6. The number of hydrogen-bond acceptors (Lipinski definition) is 4. The average molecular weight is 352 g/mol. The highest BCUT2D eigenvalue weighted by molar-refractivity contribution is 6.32. The largest absolute Gasteiger partial charge is 0.305 e. The fourth-order valence-electron chi connectivity index (χ4n) is 1.82. The normalized spacial score (nSPS) is 10.6. The van der Waals surface area contributed by atoms with E-state index in [0.29, 0.717) is 10.8 Å². The second kappa shape index (κ2) is 6.31. The van der Waals surface area contributed by atoms with Crippen LogP contribution in [0.5, 0.6) is 0 Å². The monoisotopic (exact) mass is 351 g/mol. The van der Waals surface area contributed by atoms with E-state index in [0.717, 1.165) is 6.20 Å². The van der Waals surface area contributed by atoms with E-state index in [4.69, 9.17) is 23.2 Å². The Morgan fingerprint density at radius 1 is 1.26 bits per heavy atom. The van der Waals surface area contributed by atoms with E-state index in [1.165, 1.54) is 16.8 Å². The molecule has 0 aliphatic carbocycles. The Morgan fingerprint density at radius 3 is 2.87 bits per heavy atom. The molecule has 0 saturated carbocycles. The van der Waals surface area contributed by atoms with Crippen LogP contribution in [-0.2, 0) is 0 Å². The summed E-state index contributed by atoms with van der Waals surface area (Å²) in [7, 11) is 0. The molecule has 0 radical (unpaired) electrons. The minimum atomic E-state index is -0.917. The lowest BCUT2D eigenvalue weighted by molar-refractivity contribution is 0.102. The van der Waals surface area contributed by atoms with E-state index < -0.39 is 11.9 Å². The molecule has 0 saturated heterocycles. The number of nitrogens with one attached hydrogen (secondary N) is 1. The first kappa shape index (κ1) is 15.4. The highest BCUT2D eigenvalue weighted by Crippen LogP contribution is 2.18. The summed E-state index contributed by atoms with van der Waals surface area (Å²) in [6.45, 7) is 0. The number of carbonyl (C=O) groups excluding carboxylic acids is 1. The van der Waals surface area contributed by atoms with Crippen LogP contribution in [0.4, 0.5) is 10.2 Å². The van der Waals surface area contributed by atoms with Gasteiger partial charge in [-0.05, 0) is 18.2 Å². The van der Waals surface area contributed by atoms with Gasteiger partial charge in [-0.25, -0.2) is 14.6 Å². The van der Waals surface area contributed by atoms with Crippen molar-refractivity contribution in [2.24, 2.45) is 0 Å². The van der Waals surface area contributed by atoms with E-state index in [-0.39, 0.29) is 16.4 Å². The summed E-state index contributed by atoms with van der Waals surface area (Å²) in [6, 6.07) is 6.06. The minimum Gasteiger partial charge on any atom is -0.305 e. The first-order chi connectivity index (χ1) is 11.0. The van der Waals surface area contributed by atoms with E-state index in [1.807, 2.05) is 0 Å². The molecule has 0 spiro atoms. The Kier molecular flexibility index (Phi) is 4.22. The lowest BCUT2D eigenvalue weighted by Crippen LogP contribution is -2.15. The van der Waals surface area contributed by atoms with Crippen LogP contribution >= 0.6 is 23.2 Å². The first-order valence-corrected chi connectivity index (χ1v) is 7.09. The van der Waals surface area contributed by atoms with Crippen LogP contribution in [0.2, 0.25) is 10.0 Å². The van der Waals surface area contributed by atoms with Crippen LogP contribution in [-0.4, -0.2) is 25.7 Å². The Bertz CT molecular complexity index is 883. The van der Waals surface area contributed by atoms with Crippen LogP contribution in [0, 0.1) is 5.95 Å². The zero-order valence-electron chi connectivity index (χ0n) is 11.4. The smallest absolute Gasteiger partial charge is 0.261 e. The number of hydrogen-bond donors (Lipinski definition) is 1. The molecule has 0 fully saturated rings. The molecule has 0 aliphatic rings. The maximum atomic E-state index is 13.6. The number of rotatable bonds is 3. The highest BCUT2D eigenvalue weighted by Gasteiger charge is 2.15. The molecular formula is C14H8Cl2FN5O. The molecule has 0 atom stereocenters. The molecule has 3 rings (SSSR count). The SMILES string of the molecule is O=C(Nc1ccn(-c2ncccc2Cl)n1)c1cc(Cl)cnc1F. The van der Waals surface area contributed by atoms with Gasteiger partial charge in [0.2, 0.25) is 5.95 Å². The summed E-state index contributed by atoms with van der Waals surface area (Å²) in [5.41, 5.74) is -0.275. The minimum absolute atomic E-state index is 0.155. The van der Waals surface area contributed by atoms with Gasteiger partial charge in [-0.15, -0.1) is 5.10 Å². The fraction of sp³-hybridized carbons (Fsp3) is 0. The molecule has 3 aromatic rings. The predicted octanol–water partition coefficient (Wildman–Crippen LogP) is 3.36. The van der Waals surface area contributed by atoms with Gasteiger partial charge in [0.05, 0.1) is 15.6 Å². The summed E-state index contributed by atoms with van der Waals surface area (Å²) in [5, 5.41) is 7.13. The maximum Gasteiger partial charge on any atom is 0.261 e. The van der Waals surface area contributed by atoms with Crippen LogP contribution in [0.25, 0.3) is 5.82 Å². The van der Waals surface area contributed by atoms with E-state index in [1.54, 1.807) is 24.5 Å². The summed E-state index contributed by atoms with van der Waals surface area (Å²) in [5.74, 6) is -1.02. The Labute approximate surface area is 139 Å². The molecular weight excluding hydrogens is 344 g/mol. The van der Waals surface area contributed by atoms with Gasteiger partial charge in [0.15, 0.2) is 11.6 Å². The van der Waals surface area contributed by atoms with E-state index in [2.05, 4.69) is 20.4 Å². The van der Waals surface area contributed by atoms with Crippen LogP contribution in [0.1, 0.15) is 10.4 Å². The summed E-state index contributed by atoms with van der Waals surface area (Å²) in [4.78, 5) is 19.5. The summed E-state index contributed by atoms with van der Waals surface area (Å²) >= 11 is 11.7. The second-order valence-electron chi connectivity index (χ2n) is 4.40. The molecule has 23 heavy (non-hydrogen) atoms. The number of nitrogens with zero attached hydrogens (tertiary/aromatic N) is 4. The molecule has 3 heterocycles. The van der Waals surface area contributed by atoms with Crippen LogP contribution in [0.15, 0.2) is 42.9 Å². The average Bonchev–Trinajstić information content (AvgIpc) is 2.98.